The zero-order valence-electron chi connectivity index (χ0n) is 27.2. The van der Waals surface area contributed by atoms with Crippen molar-refractivity contribution in [3.8, 4) is 34.5 Å². The first kappa shape index (κ1) is 34.7. The topological polar surface area (TPSA) is 164 Å². The molecule has 2 aliphatic rings. The normalized spacial score (nSPS) is 15.0. The second-order valence-electron chi connectivity index (χ2n) is 10.5. The number of urea groups is 1. The highest BCUT2D eigenvalue weighted by Crippen LogP contribution is 2.38. The van der Waals surface area contributed by atoms with Crippen LogP contribution in [-0.2, 0) is 20.9 Å². The molecule has 49 heavy (non-hydrogen) atoms. The molecule has 0 aromatic heterocycles. The number of nitrogens with one attached hydrogen (secondary N) is 3. The van der Waals surface area contributed by atoms with Gasteiger partial charge >= 0.3 is 12.0 Å². The molecule has 0 bridgehead atoms. The Kier molecular flexibility index (Phi) is 11.3. The molecule has 0 saturated heterocycles. The van der Waals surface area contributed by atoms with Gasteiger partial charge < -0.3 is 43.8 Å². The van der Waals surface area contributed by atoms with Crippen molar-refractivity contribution in [2.45, 2.75) is 33.4 Å². The van der Waals surface area contributed by atoms with Gasteiger partial charge in [-0.3, -0.25) is 4.79 Å². The molecule has 3 amide bonds. The van der Waals surface area contributed by atoms with Crippen LogP contribution in [0.5, 0.6) is 34.5 Å². The number of nitrogens with zero attached hydrogens (tertiary/aromatic N) is 1. The van der Waals surface area contributed by atoms with Crippen LogP contribution in [0.15, 0.2) is 64.9 Å². The predicted octanol–water partition coefficient (Wildman–Crippen LogP) is 4.78. The lowest BCUT2D eigenvalue weighted by molar-refractivity contribution is -0.139. The van der Waals surface area contributed by atoms with Crippen LogP contribution in [-0.4, -0.2) is 57.8 Å². The summed E-state index contributed by atoms with van der Waals surface area (Å²) >= 11 is 6.55. The minimum absolute atomic E-state index is 0.173. The minimum atomic E-state index is -0.791. The Balaban J connectivity index is 1.20. The number of rotatable bonds is 14. The molecular formula is C34H35ClN4O10. The predicted molar refractivity (Wildman–Crippen MR) is 177 cm³/mol. The van der Waals surface area contributed by atoms with Gasteiger partial charge in [-0.25, -0.2) is 15.0 Å². The van der Waals surface area contributed by atoms with Gasteiger partial charge in [0.2, 0.25) is 6.79 Å². The van der Waals surface area contributed by atoms with Crippen molar-refractivity contribution in [3.63, 3.8) is 0 Å². The Hall–Kier alpha value is -5.63. The summed E-state index contributed by atoms with van der Waals surface area (Å²) in [6, 6.07) is 12.4. The van der Waals surface area contributed by atoms with Gasteiger partial charge in [0.15, 0.2) is 41.1 Å². The molecule has 3 aromatic rings. The number of hydrazone groups is 1. The molecule has 3 N–H and O–H groups in total. The lowest BCUT2D eigenvalue weighted by atomic mass is 9.95. The van der Waals surface area contributed by atoms with E-state index >= 15 is 0 Å². The maximum absolute atomic E-state index is 12.6. The molecular weight excluding hydrogens is 660 g/mol. The number of benzene rings is 3. The quantitative estimate of drug-likeness (QED) is 0.122. The van der Waals surface area contributed by atoms with Gasteiger partial charge in [0.1, 0.15) is 6.61 Å². The van der Waals surface area contributed by atoms with E-state index < -0.39 is 23.9 Å². The Bertz CT molecular complexity index is 1790. The molecule has 0 spiro atoms. The molecule has 2 aliphatic heterocycles. The molecule has 0 radical (unpaired) electrons. The largest absolute Gasteiger partial charge is 0.493 e. The molecule has 0 fully saturated rings. The first-order valence-corrected chi connectivity index (χ1v) is 15.6. The summed E-state index contributed by atoms with van der Waals surface area (Å²) in [7, 11) is 1.43. The van der Waals surface area contributed by atoms with Gasteiger partial charge in [-0.05, 0) is 73.9 Å². The third kappa shape index (κ3) is 8.46. The van der Waals surface area contributed by atoms with Gasteiger partial charge in [0.25, 0.3) is 5.91 Å². The zero-order chi connectivity index (χ0) is 34.9. The number of hydrogen-bond donors (Lipinski definition) is 3. The van der Waals surface area contributed by atoms with Crippen LogP contribution in [0.2, 0.25) is 5.02 Å². The Morgan fingerprint density at radius 3 is 2.59 bits per heavy atom. The molecule has 5 rings (SSSR count). The van der Waals surface area contributed by atoms with Gasteiger partial charge in [-0.1, -0.05) is 23.7 Å². The summed E-state index contributed by atoms with van der Waals surface area (Å²) in [5, 5.41) is 9.63. The number of halogens is 1. The van der Waals surface area contributed by atoms with Gasteiger partial charge in [0.05, 0.1) is 43.2 Å². The first-order valence-electron chi connectivity index (χ1n) is 15.3. The molecule has 0 aliphatic carbocycles. The summed E-state index contributed by atoms with van der Waals surface area (Å²) in [4.78, 5) is 37.4. The maximum atomic E-state index is 12.6. The average molecular weight is 695 g/mol. The van der Waals surface area contributed by atoms with Gasteiger partial charge in [-0.2, -0.15) is 5.10 Å². The van der Waals surface area contributed by atoms with E-state index in [0.717, 1.165) is 5.56 Å². The van der Waals surface area contributed by atoms with Crippen molar-refractivity contribution < 1.29 is 47.5 Å². The second kappa shape index (κ2) is 16.0. The first-order chi connectivity index (χ1) is 23.7. The summed E-state index contributed by atoms with van der Waals surface area (Å²) in [5.74, 6) is 1.53. The molecule has 2 heterocycles. The standard InChI is InChI=1S/C34H35ClN4O10/c1-5-44-28-13-21(11-23(35)32(28)47-16-20-7-9-25-27(12-20)49-18-48-25)15-36-39-29(40)17-46-24-10-8-22(14-26(24)43-4)31-30(33(41)45-6-2)19(3)37-34(42)38-31/h7-15,31H,5-6,16-18H2,1-4H3,(H,39,40)(H2,37,38,42)/b36-15-/t31-/m0/s1. The highest BCUT2D eigenvalue weighted by Gasteiger charge is 2.32. The van der Waals surface area contributed by atoms with Crippen LogP contribution in [0.25, 0.3) is 0 Å². The van der Waals surface area contributed by atoms with Gasteiger partial charge in [-0.15, -0.1) is 0 Å². The Labute approximate surface area is 287 Å². The Morgan fingerprint density at radius 1 is 1.00 bits per heavy atom. The number of carbonyl (C=O) groups excluding carboxylic acids is 3. The van der Waals surface area contributed by atoms with Crippen LogP contribution in [0.1, 0.15) is 43.5 Å². The van der Waals surface area contributed by atoms with E-state index in [4.69, 9.17) is 44.8 Å². The third-order valence-corrected chi connectivity index (χ3v) is 7.48. The van der Waals surface area contributed by atoms with Crippen molar-refractivity contribution in [3.05, 3.63) is 81.5 Å². The third-order valence-electron chi connectivity index (χ3n) is 7.20. The smallest absolute Gasteiger partial charge is 0.338 e. The van der Waals surface area contributed by atoms with E-state index in [-0.39, 0.29) is 43.7 Å². The SMILES string of the molecule is CCOC(=O)C1=C(C)NC(=O)N[C@H]1c1ccc(OCC(=O)N/N=C\c2cc(Cl)c(OCc3ccc4c(c3)OCO4)c(OCC)c2)c(OC)c1. The molecule has 15 heteroatoms. The van der Waals surface area contributed by atoms with E-state index in [0.29, 0.717) is 51.5 Å². The van der Waals surface area contributed by atoms with Crippen LogP contribution in [0.4, 0.5) is 4.79 Å². The second-order valence-corrected chi connectivity index (χ2v) is 10.9. The summed E-state index contributed by atoms with van der Waals surface area (Å²) in [6.07, 6.45) is 1.41. The molecule has 14 nitrogen and oxygen atoms in total. The highest BCUT2D eigenvalue weighted by molar-refractivity contribution is 6.32. The number of allylic oxidation sites excluding steroid dienone is 1. The fraction of sp³-hybridized carbons (Fsp3) is 0.294. The fourth-order valence-corrected chi connectivity index (χ4v) is 5.29. The van der Waals surface area contributed by atoms with E-state index in [1.165, 1.54) is 13.3 Å². The number of fused-ring (bicyclic) bond motifs is 1. The molecule has 1 atom stereocenters. The monoisotopic (exact) mass is 694 g/mol. The summed E-state index contributed by atoms with van der Waals surface area (Å²) in [5.41, 5.74) is 5.00. The maximum Gasteiger partial charge on any atom is 0.338 e. The number of hydrogen-bond acceptors (Lipinski definition) is 11. The molecule has 0 unspecified atom stereocenters. The van der Waals surface area contributed by atoms with E-state index in [1.807, 2.05) is 25.1 Å². The molecule has 3 aromatic carbocycles. The highest BCUT2D eigenvalue weighted by atomic mass is 35.5. The average Bonchev–Trinajstić information content (AvgIpc) is 3.55. The molecule has 0 saturated carbocycles. The fourth-order valence-electron chi connectivity index (χ4n) is 5.01. The van der Waals surface area contributed by atoms with Crippen LogP contribution in [0, 0.1) is 0 Å². The number of esters is 1. The number of carbonyl (C=O) groups is 3. The van der Waals surface area contributed by atoms with Crippen molar-refractivity contribution in [2.75, 3.05) is 33.7 Å². The van der Waals surface area contributed by atoms with Gasteiger partial charge in [0, 0.05) is 5.70 Å². The van der Waals surface area contributed by atoms with E-state index in [2.05, 4.69) is 21.2 Å². The zero-order valence-corrected chi connectivity index (χ0v) is 28.0. The summed E-state index contributed by atoms with van der Waals surface area (Å²) < 4.78 is 38.9. The van der Waals surface area contributed by atoms with E-state index in [1.54, 1.807) is 44.2 Å². The van der Waals surface area contributed by atoms with Crippen molar-refractivity contribution >= 4 is 35.7 Å². The van der Waals surface area contributed by atoms with E-state index in [9.17, 15) is 14.4 Å². The summed E-state index contributed by atoms with van der Waals surface area (Å²) in [6.45, 7) is 5.70. The minimum Gasteiger partial charge on any atom is -0.493 e. The van der Waals surface area contributed by atoms with Crippen molar-refractivity contribution in [2.24, 2.45) is 5.10 Å². The van der Waals surface area contributed by atoms with Crippen molar-refractivity contribution in [1.29, 1.82) is 0 Å². The van der Waals surface area contributed by atoms with Crippen molar-refractivity contribution in [1.82, 2.24) is 16.1 Å². The number of methoxy groups -OCH3 is 1. The van der Waals surface area contributed by atoms with Crippen LogP contribution in [0.3, 0.4) is 0 Å². The van der Waals surface area contributed by atoms with Crippen LogP contribution < -0.4 is 44.5 Å². The number of amides is 3. The lowest BCUT2D eigenvalue weighted by Gasteiger charge is -2.28. The van der Waals surface area contributed by atoms with Crippen LogP contribution >= 0.6 is 11.6 Å². The number of ether oxygens (including phenoxy) is 7. The molecule has 258 valence electrons. The lowest BCUT2D eigenvalue weighted by Crippen LogP contribution is -2.45. The Morgan fingerprint density at radius 2 is 1.82 bits per heavy atom.